The number of allylic oxidation sites excluding steroid dienone is 1. The Balaban J connectivity index is 2.24. The van der Waals surface area contributed by atoms with Gasteiger partial charge in [0.25, 0.3) is 5.91 Å². The van der Waals surface area contributed by atoms with E-state index in [0.29, 0.717) is 12.1 Å². The number of carbonyl (C=O) groups is 1. The molecule has 0 spiro atoms. The highest BCUT2D eigenvalue weighted by atomic mass is 79.9. The first-order chi connectivity index (χ1) is 11.6. The number of guanidine groups is 1. The van der Waals surface area contributed by atoms with Crippen molar-refractivity contribution in [1.29, 1.82) is 0 Å². The second-order valence-corrected chi connectivity index (χ2v) is 6.36. The van der Waals surface area contributed by atoms with Crippen molar-refractivity contribution in [1.82, 2.24) is 15.5 Å². The fourth-order valence-corrected chi connectivity index (χ4v) is 2.58. The maximum Gasteiger partial charge on any atom is 0.251 e. The topological polar surface area (TPSA) is 56.7 Å². The van der Waals surface area contributed by atoms with Crippen LogP contribution in [0.4, 0.5) is 0 Å². The second kappa shape index (κ2) is 11.7. The van der Waals surface area contributed by atoms with Gasteiger partial charge in [-0.15, -0.1) is 6.58 Å². The Morgan fingerprint density at radius 1 is 1.33 bits per heavy atom. The number of benzene rings is 1. The van der Waals surface area contributed by atoms with Gasteiger partial charge in [-0.25, -0.2) is 0 Å². The smallest absolute Gasteiger partial charge is 0.251 e. The van der Waals surface area contributed by atoms with Crippen LogP contribution in [0.5, 0.6) is 0 Å². The van der Waals surface area contributed by atoms with E-state index >= 15 is 0 Å². The number of rotatable bonds is 9. The van der Waals surface area contributed by atoms with Crippen LogP contribution in [-0.4, -0.2) is 50.5 Å². The average molecular weight is 395 g/mol. The van der Waals surface area contributed by atoms with Crippen LogP contribution in [0.15, 0.2) is 46.4 Å². The van der Waals surface area contributed by atoms with Gasteiger partial charge in [-0.05, 0) is 37.5 Å². The van der Waals surface area contributed by atoms with Crippen LogP contribution >= 0.6 is 15.9 Å². The van der Waals surface area contributed by atoms with E-state index in [1.54, 1.807) is 13.1 Å². The molecule has 0 heterocycles. The standard InChI is InChI=1S/C18H27BrN4O/c1-4-5-6-13-23(3)18(20-2)22-12-8-11-21-17(24)15-9-7-10-16(19)14-15/h4,7,9-10,14H,1,5-6,8,11-13H2,2-3H3,(H,20,22)(H,21,24). The highest BCUT2D eigenvalue weighted by molar-refractivity contribution is 9.10. The van der Waals surface area contributed by atoms with Crippen molar-refractivity contribution in [3.05, 3.63) is 47.0 Å². The first-order valence-corrected chi connectivity index (χ1v) is 8.94. The number of aliphatic imine (C=N–C) groups is 1. The minimum Gasteiger partial charge on any atom is -0.356 e. The van der Waals surface area contributed by atoms with Gasteiger partial charge in [0.1, 0.15) is 0 Å². The van der Waals surface area contributed by atoms with Crippen LogP contribution in [0.2, 0.25) is 0 Å². The molecule has 5 nitrogen and oxygen atoms in total. The van der Waals surface area contributed by atoms with E-state index in [-0.39, 0.29) is 5.91 Å². The molecule has 2 N–H and O–H groups in total. The predicted octanol–water partition coefficient (Wildman–Crippen LogP) is 3.04. The molecule has 24 heavy (non-hydrogen) atoms. The third-order valence-corrected chi connectivity index (χ3v) is 3.98. The molecule has 6 heteroatoms. The maximum absolute atomic E-state index is 12.0. The maximum atomic E-state index is 12.0. The van der Waals surface area contributed by atoms with Crippen LogP contribution in [-0.2, 0) is 0 Å². The van der Waals surface area contributed by atoms with Crippen molar-refractivity contribution in [2.45, 2.75) is 19.3 Å². The van der Waals surface area contributed by atoms with Gasteiger partial charge in [0.05, 0.1) is 0 Å². The van der Waals surface area contributed by atoms with Gasteiger partial charge in [-0.3, -0.25) is 9.79 Å². The van der Waals surface area contributed by atoms with Crippen molar-refractivity contribution in [2.75, 3.05) is 33.7 Å². The molecule has 0 atom stereocenters. The van der Waals surface area contributed by atoms with E-state index in [0.717, 1.165) is 42.8 Å². The van der Waals surface area contributed by atoms with Crippen LogP contribution in [0, 0.1) is 0 Å². The minimum absolute atomic E-state index is 0.0535. The molecule has 0 fully saturated rings. The molecule has 0 saturated heterocycles. The Labute approximate surface area is 153 Å². The third-order valence-electron chi connectivity index (χ3n) is 3.48. The van der Waals surface area contributed by atoms with Crippen molar-refractivity contribution in [3.63, 3.8) is 0 Å². The normalized spacial score (nSPS) is 11.0. The van der Waals surface area contributed by atoms with Crippen molar-refractivity contribution in [2.24, 2.45) is 4.99 Å². The highest BCUT2D eigenvalue weighted by Crippen LogP contribution is 2.11. The monoisotopic (exact) mass is 394 g/mol. The highest BCUT2D eigenvalue weighted by Gasteiger charge is 2.06. The molecule has 0 radical (unpaired) electrons. The van der Waals surface area contributed by atoms with Gasteiger partial charge in [0.2, 0.25) is 0 Å². The van der Waals surface area contributed by atoms with E-state index in [9.17, 15) is 4.79 Å². The number of unbranched alkanes of at least 4 members (excludes halogenated alkanes) is 1. The predicted molar refractivity (Wildman–Crippen MR) is 105 cm³/mol. The van der Waals surface area contributed by atoms with E-state index in [4.69, 9.17) is 0 Å². The molecule has 0 saturated carbocycles. The third kappa shape index (κ3) is 7.64. The Morgan fingerprint density at radius 2 is 2.08 bits per heavy atom. The number of halogens is 1. The number of hydrogen-bond donors (Lipinski definition) is 2. The summed E-state index contributed by atoms with van der Waals surface area (Å²) in [6, 6.07) is 7.37. The minimum atomic E-state index is -0.0535. The summed E-state index contributed by atoms with van der Waals surface area (Å²) < 4.78 is 0.903. The molecule has 0 unspecified atom stereocenters. The van der Waals surface area contributed by atoms with Crippen molar-refractivity contribution < 1.29 is 4.79 Å². The summed E-state index contributed by atoms with van der Waals surface area (Å²) in [5.41, 5.74) is 0.662. The Hall–Kier alpha value is -1.82. The SMILES string of the molecule is C=CCCCN(C)C(=NC)NCCCNC(=O)c1cccc(Br)c1. The van der Waals surface area contributed by atoms with Gasteiger partial charge in [0, 0.05) is 43.8 Å². The fourth-order valence-electron chi connectivity index (χ4n) is 2.19. The molecule has 0 aliphatic carbocycles. The van der Waals surface area contributed by atoms with Crippen LogP contribution in [0.1, 0.15) is 29.6 Å². The molecular formula is C18H27BrN4O. The van der Waals surface area contributed by atoms with Gasteiger partial charge >= 0.3 is 0 Å². The van der Waals surface area contributed by atoms with Crippen molar-refractivity contribution >= 4 is 27.8 Å². The molecule has 132 valence electrons. The van der Waals surface area contributed by atoms with E-state index in [1.807, 2.05) is 31.3 Å². The Bertz CT molecular complexity index is 560. The van der Waals surface area contributed by atoms with E-state index in [2.05, 4.69) is 43.0 Å². The summed E-state index contributed by atoms with van der Waals surface area (Å²) in [5.74, 6) is 0.819. The zero-order chi connectivity index (χ0) is 17.8. The van der Waals surface area contributed by atoms with Gasteiger partial charge in [-0.1, -0.05) is 28.1 Å². The lowest BCUT2D eigenvalue weighted by atomic mass is 10.2. The second-order valence-electron chi connectivity index (χ2n) is 5.45. The summed E-state index contributed by atoms with van der Waals surface area (Å²) in [6.45, 7) is 6.05. The first kappa shape index (κ1) is 20.2. The zero-order valence-corrected chi connectivity index (χ0v) is 16.1. The van der Waals surface area contributed by atoms with Crippen LogP contribution < -0.4 is 10.6 Å². The molecule has 1 amide bonds. The number of nitrogens with zero attached hydrogens (tertiary/aromatic N) is 2. The largest absolute Gasteiger partial charge is 0.356 e. The van der Waals surface area contributed by atoms with Gasteiger partial charge < -0.3 is 15.5 Å². The van der Waals surface area contributed by atoms with Gasteiger partial charge in [-0.2, -0.15) is 0 Å². The number of carbonyl (C=O) groups excluding carboxylic acids is 1. The molecule has 0 bridgehead atoms. The summed E-state index contributed by atoms with van der Waals surface area (Å²) in [5, 5.41) is 6.23. The average Bonchev–Trinajstić information content (AvgIpc) is 2.58. The summed E-state index contributed by atoms with van der Waals surface area (Å²) in [7, 11) is 3.80. The number of amides is 1. The van der Waals surface area contributed by atoms with E-state index in [1.165, 1.54) is 0 Å². The number of hydrogen-bond acceptors (Lipinski definition) is 2. The van der Waals surface area contributed by atoms with Crippen LogP contribution in [0.3, 0.4) is 0 Å². The fraction of sp³-hybridized carbons (Fsp3) is 0.444. The lowest BCUT2D eigenvalue weighted by Crippen LogP contribution is -2.40. The summed E-state index contributed by atoms with van der Waals surface area (Å²) in [6.07, 6.45) is 4.82. The number of nitrogens with one attached hydrogen (secondary N) is 2. The Morgan fingerprint density at radius 3 is 2.75 bits per heavy atom. The quantitative estimate of drug-likeness (QED) is 0.293. The summed E-state index contributed by atoms with van der Waals surface area (Å²) >= 11 is 3.37. The van der Waals surface area contributed by atoms with Crippen LogP contribution in [0.25, 0.3) is 0 Å². The first-order valence-electron chi connectivity index (χ1n) is 8.15. The molecule has 1 aromatic carbocycles. The van der Waals surface area contributed by atoms with Gasteiger partial charge in [0.15, 0.2) is 5.96 Å². The zero-order valence-electron chi connectivity index (χ0n) is 14.5. The lowest BCUT2D eigenvalue weighted by Gasteiger charge is -2.21. The lowest BCUT2D eigenvalue weighted by molar-refractivity contribution is 0.0953. The molecule has 1 rings (SSSR count). The molecule has 0 aliphatic heterocycles. The summed E-state index contributed by atoms with van der Waals surface area (Å²) in [4.78, 5) is 18.4. The molecule has 0 aliphatic rings. The van der Waals surface area contributed by atoms with E-state index < -0.39 is 0 Å². The van der Waals surface area contributed by atoms with Crippen molar-refractivity contribution in [3.8, 4) is 0 Å². The Kier molecular flexibility index (Phi) is 9.84. The molecule has 1 aromatic rings. The molecule has 0 aromatic heterocycles. The molecular weight excluding hydrogens is 368 g/mol.